The summed E-state index contributed by atoms with van der Waals surface area (Å²) in [6.07, 6.45) is 4.93. The molecule has 0 saturated carbocycles. The zero-order valence-electron chi connectivity index (χ0n) is 8.37. The summed E-state index contributed by atoms with van der Waals surface area (Å²) < 4.78 is 12.4. The number of piperidine rings is 1. The van der Waals surface area contributed by atoms with Crippen LogP contribution in [0.15, 0.2) is 12.4 Å². The molecule has 1 aliphatic rings. The van der Waals surface area contributed by atoms with Crippen LogP contribution in [0.5, 0.6) is 0 Å². The van der Waals surface area contributed by atoms with Crippen LogP contribution in [0.2, 0.25) is 5.15 Å². The Balaban J connectivity index is 2.04. The molecule has 0 spiro atoms. The second-order valence-corrected chi connectivity index (χ2v) is 4.11. The molecular weight excluding hydrogens is 217 g/mol. The number of hydrogen-bond donors (Lipinski definition) is 0. The van der Waals surface area contributed by atoms with Crippen LogP contribution < -0.4 is 4.90 Å². The zero-order valence-corrected chi connectivity index (χ0v) is 9.12. The van der Waals surface area contributed by atoms with Crippen molar-refractivity contribution in [2.75, 3.05) is 24.7 Å². The molecular formula is C10H13ClFN3. The van der Waals surface area contributed by atoms with Crippen molar-refractivity contribution in [3.8, 4) is 0 Å². The van der Waals surface area contributed by atoms with Crippen molar-refractivity contribution in [1.82, 2.24) is 9.97 Å². The summed E-state index contributed by atoms with van der Waals surface area (Å²) in [7, 11) is 0. The van der Waals surface area contributed by atoms with Gasteiger partial charge in [-0.1, -0.05) is 11.6 Å². The van der Waals surface area contributed by atoms with E-state index in [9.17, 15) is 4.39 Å². The molecule has 0 N–H and O–H groups in total. The number of aromatic nitrogens is 2. The molecule has 0 radical (unpaired) electrons. The van der Waals surface area contributed by atoms with Crippen molar-refractivity contribution in [2.45, 2.75) is 12.8 Å². The number of nitrogens with zero attached hydrogens (tertiary/aromatic N) is 3. The molecule has 1 aliphatic heterocycles. The van der Waals surface area contributed by atoms with Gasteiger partial charge in [0.15, 0.2) is 11.0 Å². The molecule has 1 aromatic heterocycles. The SMILES string of the molecule is FCC1CCN(c2nccnc2Cl)CC1. The maximum Gasteiger partial charge on any atom is 0.171 e. The summed E-state index contributed by atoms with van der Waals surface area (Å²) in [4.78, 5) is 10.2. The number of halogens is 2. The number of hydrogen-bond acceptors (Lipinski definition) is 3. The third-order valence-electron chi connectivity index (χ3n) is 2.77. The Morgan fingerprint density at radius 2 is 2.00 bits per heavy atom. The molecule has 2 heterocycles. The lowest BCUT2D eigenvalue weighted by Crippen LogP contribution is -2.35. The largest absolute Gasteiger partial charge is 0.354 e. The summed E-state index contributed by atoms with van der Waals surface area (Å²) >= 11 is 5.94. The third kappa shape index (κ3) is 2.37. The van der Waals surface area contributed by atoms with E-state index in [1.54, 1.807) is 12.4 Å². The van der Waals surface area contributed by atoms with Gasteiger partial charge in [0.25, 0.3) is 0 Å². The second kappa shape index (κ2) is 4.75. The molecule has 0 aromatic carbocycles. The molecule has 0 unspecified atom stereocenters. The molecule has 0 bridgehead atoms. The summed E-state index contributed by atoms with van der Waals surface area (Å²) in [5.41, 5.74) is 0. The third-order valence-corrected chi connectivity index (χ3v) is 3.03. The highest BCUT2D eigenvalue weighted by molar-refractivity contribution is 6.31. The topological polar surface area (TPSA) is 29.0 Å². The molecule has 3 nitrogen and oxygen atoms in total. The van der Waals surface area contributed by atoms with Gasteiger partial charge >= 0.3 is 0 Å². The van der Waals surface area contributed by atoms with E-state index in [1.807, 2.05) is 0 Å². The Morgan fingerprint density at radius 3 is 2.60 bits per heavy atom. The normalized spacial score (nSPS) is 18.1. The van der Waals surface area contributed by atoms with Gasteiger partial charge < -0.3 is 4.90 Å². The number of rotatable bonds is 2. The van der Waals surface area contributed by atoms with E-state index in [-0.39, 0.29) is 12.6 Å². The molecule has 2 rings (SSSR count). The van der Waals surface area contributed by atoms with Crippen molar-refractivity contribution in [3.05, 3.63) is 17.5 Å². The zero-order chi connectivity index (χ0) is 10.7. The molecule has 82 valence electrons. The van der Waals surface area contributed by atoms with Crippen LogP contribution in [0, 0.1) is 5.92 Å². The van der Waals surface area contributed by atoms with Gasteiger partial charge in [-0.2, -0.15) is 0 Å². The van der Waals surface area contributed by atoms with Gasteiger partial charge in [-0.3, -0.25) is 4.39 Å². The Bertz CT molecular complexity index is 326. The fourth-order valence-corrected chi connectivity index (χ4v) is 2.05. The Kier molecular flexibility index (Phi) is 3.36. The van der Waals surface area contributed by atoms with Crippen molar-refractivity contribution < 1.29 is 4.39 Å². The van der Waals surface area contributed by atoms with Gasteiger partial charge in [0.1, 0.15) is 0 Å². The van der Waals surface area contributed by atoms with E-state index in [1.165, 1.54) is 0 Å². The van der Waals surface area contributed by atoms with Crippen LogP contribution in [0.3, 0.4) is 0 Å². The van der Waals surface area contributed by atoms with Gasteiger partial charge in [0.05, 0.1) is 6.67 Å². The average Bonchev–Trinajstić information content (AvgIpc) is 2.30. The first-order chi connectivity index (χ1) is 7.31. The molecule has 1 saturated heterocycles. The molecule has 0 amide bonds. The van der Waals surface area contributed by atoms with Gasteiger partial charge in [0.2, 0.25) is 0 Å². The lowest BCUT2D eigenvalue weighted by Gasteiger charge is -2.31. The van der Waals surface area contributed by atoms with E-state index in [0.29, 0.717) is 5.15 Å². The van der Waals surface area contributed by atoms with Gasteiger partial charge in [-0.05, 0) is 18.8 Å². The van der Waals surface area contributed by atoms with Crippen molar-refractivity contribution in [1.29, 1.82) is 0 Å². The highest BCUT2D eigenvalue weighted by Crippen LogP contribution is 2.25. The van der Waals surface area contributed by atoms with E-state index in [0.717, 1.165) is 31.7 Å². The first kappa shape index (κ1) is 10.6. The first-order valence-corrected chi connectivity index (χ1v) is 5.46. The van der Waals surface area contributed by atoms with E-state index >= 15 is 0 Å². The van der Waals surface area contributed by atoms with E-state index in [2.05, 4.69) is 14.9 Å². The van der Waals surface area contributed by atoms with Crippen LogP contribution in [-0.2, 0) is 0 Å². The molecule has 1 aromatic rings. The predicted octanol–water partition coefficient (Wildman–Crippen LogP) is 2.32. The van der Waals surface area contributed by atoms with E-state index < -0.39 is 0 Å². The van der Waals surface area contributed by atoms with E-state index in [4.69, 9.17) is 11.6 Å². The standard InChI is InChI=1S/C10H13ClFN3/c11-9-10(14-4-3-13-9)15-5-1-8(7-12)2-6-15/h3-4,8H,1-2,5-7H2. The highest BCUT2D eigenvalue weighted by atomic mass is 35.5. The lowest BCUT2D eigenvalue weighted by atomic mass is 9.98. The molecule has 1 fully saturated rings. The van der Waals surface area contributed by atoms with Gasteiger partial charge in [0, 0.05) is 25.5 Å². The predicted molar refractivity (Wildman–Crippen MR) is 58.0 cm³/mol. The van der Waals surface area contributed by atoms with Crippen molar-refractivity contribution in [2.24, 2.45) is 5.92 Å². The molecule has 0 aliphatic carbocycles. The minimum Gasteiger partial charge on any atom is -0.354 e. The van der Waals surface area contributed by atoms with Crippen molar-refractivity contribution in [3.63, 3.8) is 0 Å². The van der Waals surface area contributed by atoms with Gasteiger partial charge in [-0.25, -0.2) is 9.97 Å². The maximum atomic E-state index is 12.4. The van der Waals surface area contributed by atoms with Crippen LogP contribution in [0.25, 0.3) is 0 Å². The van der Waals surface area contributed by atoms with Gasteiger partial charge in [-0.15, -0.1) is 0 Å². The summed E-state index contributed by atoms with van der Waals surface area (Å²) in [6.45, 7) is 1.40. The van der Waals surface area contributed by atoms with Crippen LogP contribution in [0.4, 0.5) is 10.2 Å². The Morgan fingerprint density at radius 1 is 1.33 bits per heavy atom. The van der Waals surface area contributed by atoms with Crippen LogP contribution >= 0.6 is 11.6 Å². The maximum absolute atomic E-state index is 12.4. The summed E-state index contributed by atoms with van der Waals surface area (Å²) in [5.74, 6) is 0.924. The van der Waals surface area contributed by atoms with Crippen molar-refractivity contribution >= 4 is 17.4 Å². The minimum absolute atomic E-state index is 0.205. The molecule has 15 heavy (non-hydrogen) atoms. The first-order valence-electron chi connectivity index (χ1n) is 5.08. The average molecular weight is 230 g/mol. The Hall–Kier alpha value is -0.900. The smallest absolute Gasteiger partial charge is 0.171 e. The van der Waals surface area contributed by atoms with Crippen LogP contribution in [-0.4, -0.2) is 29.7 Å². The second-order valence-electron chi connectivity index (χ2n) is 3.76. The number of alkyl halides is 1. The summed E-state index contributed by atoms with van der Waals surface area (Å²) in [5, 5.41) is 0.427. The summed E-state index contributed by atoms with van der Waals surface area (Å²) in [6, 6.07) is 0. The highest BCUT2D eigenvalue weighted by Gasteiger charge is 2.21. The lowest BCUT2D eigenvalue weighted by molar-refractivity contribution is 0.307. The van der Waals surface area contributed by atoms with Crippen LogP contribution in [0.1, 0.15) is 12.8 Å². The fourth-order valence-electron chi connectivity index (χ4n) is 1.82. The molecule has 5 heteroatoms. The number of anilines is 1. The Labute approximate surface area is 93.3 Å². The quantitative estimate of drug-likeness (QED) is 0.780. The monoisotopic (exact) mass is 229 g/mol. The fraction of sp³-hybridized carbons (Fsp3) is 0.600. The minimum atomic E-state index is -0.220. The molecule has 0 atom stereocenters.